The monoisotopic (exact) mass is 299 g/mol. The van der Waals surface area contributed by atoms with E-state index in [4.69, 9.17) is 11.5 Å². The Kier molecular flexibility index (Phi) is 3.49. The Labute approximate surface area is 124 Å². The number of hydrogen-bond acceptors (Lipinski definition) is 6. The molecule has 21 heavy (non-hydrogen) atoms. The maximum absolute atomic E-state index is 11.4. The van der Waals surface area contributed by atoms with Crippen LogP contribution < -0.4 is 17.0 Å². The highest BCUT2D eigenvalue weighted by atomic mass is 32.2. The van der Waals surface area contributed by atoms with Crippen LogP contribution in [-0.4, -0.2) is 15.0 Å². The zero-order valence-electron chi connectivity index (χ0n) is 11.0. The molecule has 0 spiro atoms. The summed E-state index contributed by atoms with van der Waals surface area (Å²) < 4.78 is 0. The molecule has 7 heteroatoms. The van der Waals surface area contributed by atoms with Crippen molar-refractivity contribution in [2.75, 3.05) is 11.5 Å². The zero-order valence-corrected chi connectivity index (χ0v) is 11.9. The molecule has 0 bridgehead atoms. The summed E-state index contributed by atoms with van der Waals surface area (Å²) in [5, 5.41) is 1.41. The summed E-state index contributed by atoms with van der Waals surface area (Å²) in [5.74, 6) is 0.821. The van der Waals surface area contributed by atoms with Gasteiger partial charge in [-0.3, -0.25) is 9.78 Å². The maximum atomic E-state index is 11.4. The molecule has 0 fully saturated rings. The van der Waals surface area contributed by atoms with Gasteiger partial charge < -0.3 is 16.5 Å². The van der Waals surface area contributed by atoms with Gasteiger partial charge in [0.05, 0.1) is 5.52 Å². The molecular formula is C14H13N5OS. The lowest BCUT2D eigenvalue weighted by Gasteiger charge is -2.07. The average Bonchev–Trinajstić information content (AvgIpc) is 2.46. The van der Waals surface area contributed by atoms with Crippen LogP contribution in [0.5, 0.6) is 0 Å². The van der Waals surface area contributed by atoms with Gasteiger partial charge in [-0.05, 0) is 23.8 Å². The van der Waals surface area contributed by atoms with E-state index in [0.717, 1.165) is 16.5 Å². The normalized spacial score (nSPS) is 10.9. The lowest BCUT2D eigenvalue weighted by Crippen LogP contribution is -2.09. The first-order chi connectivity index (χ1) is 10.1. The van der Waals surface area contributed by atoms with Crippen molar-refractivity contribution in [1.29, 1.82) is 0 Å². The van der Waals surface area contributed by atoms with Crippen molar-refractivity contribution in [2.24, 2.45) is 0 Å². The summed E-state index contributed by atoms with van der Waals surface area (Å²) in [7, 11) is 0. The molecule has 0 unspecified atom stereocenters. The van der Waals surface area contributed by atoms with Crippen molar-refractivity contribution in [1.82, 2.24) is 15.0 Å². The van der Waals surface area contributed by atoms with Crippen LogP contribution in [-0.2, 0) is 5.75 Å². The first-order valence-corrected chi connectivity index (χ1v) is 7.24. The fourth-order valence-corrected chi connectivity index (χ4v) is 2.91. The molecule has 0 aliphatic rings. The average molecular weight is 299 g/mol. The SMILES string of the molecule is Nc1cc(=O)[nH]c(SCc2ccc(N)c3cccnc23)n1. The Hall–Kier alpha value is -2.54. The van der Waals surface area contributed by atoms with Gasteiger partial charge in [0.15, 0.2) is 5.16 Å². The van der Waals surface area contributed by atoms with Crippen LogP contribution in [0.2, 0.25) is 0 Å². The van der Waals surface area contributed by atoms with E-state index in [1.54, 1.807) is 6.20 Å². The van der Waals surface area contributed by atoms with E-state index < -0.39 is 0 Å². The minimum Gasteiger partial charge on any atom is -0.398 e. The van der Waals surface area contributed by atoms with Crippen LogP contribution in [0, 0.1) is 0 Å². The Balaban J connectivity index is 1.92. The summed E-state index contributed by atoms with van der Waals surface area (Å²) in [6, 6.07) is 8.83. The van der Waals surface area contributed by atoms with E-state index in [-0.39, 0.29) is 11.4 Å². The molecule has 0 aliphatic carbocycles. The first kappa shape index (κ1) is 13.4. The minimum atomic E-state index is -0.259. The summed E-state index contributed by atoms with van der Waals surface area (Å²) in [4.78, 5) is 22.5. The molecule has 106 valence electrons. The molecule has 5 N–H and O–H groups in total. The van der Waals surface area contributed by atoms with Gasteiger partial charge in [-0.1, -0.05) is 17.8 Å². The topological polar surface area (TPSA) is 111 Å². The summed E-state index contributed by atoms with van der Waals surface area (Å²) >= 11 is 1.40. The van der Waals surface area contributed by atoms with Crippen molar-refractivity contribution < 1.29 is 0 Å². The minimum absolute atomic E-state index is 0.210. The van der Waals surface area contributed by atoms with Gasteiger partial charge in [0, 0.05) is 29.1 Å². The fraction of sp³-hybridized carbons (Fsp3) is 0.0714. The van der Waals surface area contributed by atoms with Gasteiger partial charge in [0.2, 0.25) is 0 Å². The van der Waals surface area contributed by atoms with Gasteiger partial charge in [-0.15, -0.1) is 0 Å². The van der Waals surface area contributed by atoms with E-state index >= 15 is 0 Å². The molecule has 3 rings (SSSR count). The number of benzene rings is 1. The Bertz CT molecular complexity index is 861. The summed E-state index contributed by atoms with van der Waals surface area (Å²) in [5.41, 5.74) is 13.8. The van der Waals surface area contributed by atoms with Gasteiger partial charge >= 0.3 is 0 Å². The van der Waals surface area contributed by atoms with E-state index in [0.29, 0.717) is 16.6 Å². The van der Waals surface area contributed by atoms with Crippen LogP contribution in [0.25, 0.3) is 10.9 Å². The van der Waals surface area contributed by atoms with Crippen LogP contribution in [0.15, 0.2) is 46.5 Å². The number of aromatic nitrogens is 3. The second-order valence-electron chi connectivity index (χ2n) is 4.48. The highest BCUT2D eigenvalue weighted by molar-refractivity contribution is 7.98. The molecule has 0 aliphatic heterocycles. The lowest BCUT2D eigenvalue weighted by atomic mass is 10.1. The fourth-order valence-electron chi connectivity index (χ4n) is 2.04. The maximum Gasteiger partial charge on any atom is 0.253 e. The van der Waals surface area contributed by atoms with Crippen molar-refractivity contribution >= 4 is 34.2 Å². The Morgan fingerprint density at radius 2 is 2.10 bits per heavy atom. The largest absolute Gasteiger partial charge is 0.398 e. The standard InChI is InChI=1S/C14H13N5OS/c15-10-4-3-8(13-9(10)2-1-5-17-13)7-21-14-18-11(16)6-12(20)19-14/h1-6H,7,15H2,(H3,16,18,19,20). The quantitative estimate of drug-likeness (QED) is 0.386. The van der Waals surface area contributed by atoms with Crippen LogP contribution in [0.4, 0.5) is 11.5 Å². The third-order valence-electron chi connectivity index (χ3n) is 2.99. The third-order valence-corrected chi connectivity index (χ3v) is 3.91. The van der Waals surface area contributed by atoms with Gasteiger partial charge in [0.1, 0.15) is 5.82 Å². The molecular weight excluding hydrogens is 286 g/mol. The number of nitrogens with zero attached hydrogens (tertiary/aromatic N) is 2. The van der Waals surface area contributed by atoms with Gasteiger partial charge in [0.25, 0.3) is 5.56 Å². The lowest BCUT2D eigenvalue weighted by molar-refractivity contribution is 0.945. The van der Waals surface area contributed by atoms with Crippen molar-refractivity contribution in [2.45, 2.75) is 10.9 Å². The van der Waals surface area contributed by atoms with Crippen LogP contribution >= 0.6 is 11.8 Å². The molecule has 0 saturated heterocycles. The highest BCUT2D eigenvalue weighted by Crippen LogP contribution is 2.27. The van der Waals surface area contributed by atoms with Gasteiger partial charge in [-0.25, -0.2) is 4.98 Å². The summed E-state index contributed by atoms with van der Waals surface area (Å²) in [6.45, 7) is 0. The van der Waals surface area contributed by atoms with E-state index in [1.165, 1.54) is 17.8 Å². The molecule has 0 amide bonds. The predicted octanol–water partition coefficient (Wildman–Crippen LogP) is 1.77. The second-order valence-corrected chi connectivity index (χ2v) is 5.44. The number of nitrogens with one attached hydrogen (secondary N) is 1. The Morgan fingerprint density at radius 1 is 1.24 bits per heavy atom. The second kappa shape index (κ2) is 5.45. The number of rotatable bonds is 3. The number of aromatic amines is 1. The van der Waals surface area contributed by atoms with Crippen molar-refractivity contribution in [3.8, 4) is 0 Å². The molecule has 2 heterocycles. The predicted molar refractivity (Wildman–Crippen MR) is 85.0 cm³/mol. The smallest absolute Gasteiger partial charge is 0.253 e. The molecule has 6 nitrogen and oxygen atoms in total. The molecule has 1 aromatic carbocycles. The highest BCUT2D eigenvalue weighted by Gasteiger charge is 2.07. The van der Waals surface area contributed by atoms with E-state index in [1.807, 2.05) is 24.3 Å². The number of fused-ring (bicyclic) bond motifs is 1. The van der Waals surface area contributed by atoms with Crippen LogP contribution in [0.3, 0.4) is 0 Å². The summed E-state index contributed by atoms with van der Waals surface area (Å²) in [6.07, 6.45) is 1.73. The third kappa shape index (κ3) is 2.82. The number of nitrogen functional groups attached to an aromatic ring is 2. The zero-order chi connectivity index (χ0) is 14.8. The number of nitrogens with two attached hydrogens (primary N) is 2. The van der Waals surface area contributed by atoms with Gasteiger partial charge in [-0.2, -0.15) is 0 Å². The van der Waals surface area contributed by atoms with E-state index in [2.05, 4.69) is 15.0 Å². The van der Waals surface area contributed by atoms with E-state index in [9.17, 15) is 4.79 Å². The number of anilines is 2. The molecule has 0 radical (unpaired) electrons. The number of pyridine rings is 1. The molecule has 3 aromatic rings. The molecule has 0 saturated carbocycles. The van der Waals surface area contributed by atoms with Crippen LogP contribution in [0.1, 0.15) is 5.56 Å². The molecule has 2 aromatic heterocycles. The first-order valence-electron chi connectivity index (χ1n) is 6.25. The number of H-pyrrole nitrogens is 1. The number of hydrogen-bond donors (Lipinski definition) is 3. The number of thioether (sulfide) groups is 1. The van der Waals surface area contributed by atoms with Crippen molar-refractivity contribution in [3.63, 3.8) is 0 Å². The molecule has 0 atom stereocenters. The Morgan fingerprint density at radius 3 is 2.90 bits per heavy atom. The van der Waals surface area contributed by atoms with Crippen molar-refractivity contribution in [3.05, 3.63) is 52.4 Å².